The molecule has 3 aromatic rings. The third kappa shape index (κ3) is 5.77. The fourth-order valence-corrected chi connectivity index (χ4v) is 5.16. The molecule has 0 aliphatic carbocycles. The highest BCUT2D eigenvalue weighted by molar-refractivity contribution is 7.92. The van der Waals surface area contributed by atoms with E-state index in [0.717, 1.165) is 0 Å². The fraction of sp³-hybridized carbons (Fsp3) is 0.208. The minimum atomic E-state index is -3.74. The zero-order chi connectivity index (χ0) is 23.3. The van der Waals surface area contributed by atoms with Gasteiger partial charge in [-0.05, 0) is 42.0 Å². The van der Waals surface area contributed by atoms with Gasteiger partial charge in [0.25, 0.3) is 5.91 Å². The lowest BCUT2D eigenvalue weighted by Crippen LogP contribution is -2.51. The fourth-order valence-electron chi connectivity index (χ4n) is 3.45. The smallest absolute Gasteiger partial charge is 0.263 e. The molecule has 0 spiro atoms. The van der Waals surface area contributed by atoms with Gasteiger partial charge < -0.3 is 14.8 Å². The maximum atomic E-state index is 13.2. The maximum absolute atomic E-state index is 13.2. The lowest BCUT2D eigenvalue weighted by atomic mass is 10.2. The summed E-state index contributed by atoms with van der Waals surface area (Å²) in [5.74, 6) is 0.391. The van der Waals surface area contributed by atoms with E-state index in [9.17, 15) is 13.2 Å². The van der Waals surface area contributed by atoms with Gasteiger partial charge in [-0.2, -0.15) is 0 Å². The number of hydrogen-bond donors (Lipinski definition) is 1. The number of nitrogens with zero attached hydrogens (tertiary/aromatic N) is 1. The summed E-state index contributed by atoms with van der Waals surface area (Å²) >= 11 is 5.85. The summed E-state index contributed by atoms with van der Waals surface area (Å²) in [4.78, 5) is 12.8. The molecule has 1 unspecified atom stereocenters. The third-order valence-corrected chi connectivity index (χ3v) is 7.01. The first kappa shape index (κ1) is 22.9. The van der Waals surface area contributed by atoms with Crippen LogP contribution in [0.2, 0.25) is 5.02 Å². The highest BCUT2D eigenvalue weighted by atomic mass is 35.5. The Bertz CT molecular complexity index is 1200. The van der Waals surface area contributed by atoms with E-state index < -0.39 is 22.0 Å². The summed E-state index contributed by atoms with van der Waals surface area (Å²) in [5, 5.41) is 3.36. The summed E-state index contributed by atoms with van der Waals surface area (Å²) in [7, 11) is -3.74. The molecular formula is C24H23ClN2O5S. The molecule has 1 aliphatic heterocycles. The van der Waals surface area contributed by atoms with Gasteiger partial charge >= 0.3 is 0 Å². The van der Waals surface area contributed by atoms with Gasteiger partial charge in [0.2, 0.25) is 10.0 Å². The molecule has 1 aliphatic rings. The number of hydrogen-bond acceptors (Lipinski definition) is 5. The number of carbonyl (C=O) groups excluding carboxylic acids is 1. The van der Waals surface area contributed by atoms with Crippen molar-refractivity contribution in [1.82, 2.24) is 5.32 Å². The number of benzene rings is 3. The molecule has 33 heavy (non-hydrogen) atoms. The third-order valence-electron chi connectivity index (χ3n) is 5.04. The molecule has 7 nitrogen and oxygen atoms in total. The summed E-state index contributed by atoms with van der Waals surface area (Å²) in [6.45, 7) is 0.364. The molecule has 1 heterocycles. The summed E-state index contributed by atoms with van der Waals surface area (Å²) in [6.07, 6.45) is -0.985. The van der Waals surface area contributed by atoms with E-state index in [0.29, 0.717) is 27.8 Å². The highest BCUT2D eigenvalue weighted by Crippen LogP contribution is 2.35. The first-order valence-electron chi connectivity index (χ1n) is 10.4. The molecule has 0 saturated carbocycles. The predicted molar refractivity (Wildman–Crippen MR) is 127 cm³/mol. The second kappa shape index (κ2) is 10.1. The van der Waals surface area contributed by atoms with Crippen molar-refractivity contribution in [3.8, 4) is 11.5 Å². The van der Waals surface area contributed by atoms with Gasteiger partial charge in [0.05, 0.1) is 24.5 Å². The Hall–Kier alpha value is -3.23. The number of anilines is 1. The Morgan fingerprint density at radius 3 is 2.48 bits per heavy atom. The topological polar surface area (TPSA) is 84.9 Å². The molecule has 1 N–H and O–H groups in total. The Morgan fingerprint density at radius 2 is 1.73 bits per heavy atom. The van der Waals surface area contributed by atoms with E-state index in [-0.39, 0.29) is 25.4 Å². The number of sulfonamides is 1. The Kier molecular flexibility index (Phi) is 7.05. The molecule has 1 atom stereocenters. The van der Waals surface area contributed by atoms with Crippen LogP contribution in [0.5, 0.6) is 11.5 Å². The van der Waals surface area contributed by atoms with Crippen molar-refractivity contribution in [2.45, 2.75) is 11.9 Å². The number of ether oxygens (including phenoxy) is 2. The Labute approximate surface area is 197 Å². The van der Waals surface area contributed by atoms with Crippen LogP contribution < -0.4 is 19.1 Å². The number of fused-ring (bicyclic) bond motifs is 1. The molecule has 9 heteroatoms. The summed E-state index contributed by atoms with van der Waals surface area (Å²) in [6, 6.07) is 22.6. The van der Waals surface area contributed by atoms with Crippen molar-refractivity contribution in [2.24, 2.45) is 0 Å². The molecule has 0 fully saturated rings. The van der Waals surface area contributed by atoms with Crippen molar-refractivity contribution >= 4 is 33.2 Å². The van der Waals surface area contributed by atoms with E-state index in [2.05, 4.69) is 5.32 Å². The van der Waals surface area contributed by atoms with E-state index >= 15 is 0 Å². The average Bonchev–Trinajstić information content (AvgIpc) is 2.82. The van der Waals surface area contributed by atoms with Crippen LogP contribution in [0.15, 0.2) is 78.9 Å². The number of para-hydroxylation sites is 2. The molecule has 172 valence electrons. The van der Waals surface area contributed by atoms with Gasteiger partial charge in [-0.3, -0.25) is 9.10 Å². The van der Waals surface area contributed by atoms with E-state index in [1.807, 2.05) is 6.07 Å². The zero-order valence-electron chi connectivity index (χ0n) is 17.7. The van der Waals surface area contributed by atoms with Crippen molar-refractivity contribution in [2.75, 3.05) is 24.0 Å². The normalized spacial score (nSPS) is 15.3. The van der Waals surface area contributed by atoms with Crippen molar-refractivity contribution in [3.05, 3.63) is 89.4 Å². The van der Waals surface area contributed by atoms with Crippen molar-refractivity contribution < 1.29 is 22.7 Å². The number of carbonyl (C=O) groups is 1. The van der Waals surface area contributed by atoms with Crippen LogP contribution in [0, 0.1) is 0 Å². The van der Waals surface area contributed by atoms with Crippen LogP contribution in [-0.2, 0) is 20.6 Å². The lowest BCUT2D eigenvalue weighted by molar-refractivity contribution is -0.127. The van der Waals surface area contributed by atoms with Gasteiger partial charge in [0, 0.05) is 5.02 Å². The molecule has 0 radical (unpaired) electrons. The van der Waals surface area contributed by atoms with Gasteiger partial charge in [-0.1, -0.05) is 54.1 Å². The molecule has 0 saturated heterocycles. The van der Waals surface area contributed by atoms with Crippen LogP contribution in [0.3, 0.4) is 0 Å². The number of nitrogens with one attached hydrogen (secondary N) is 1. The lowest BCUT2D eigenvalue weighted by Gasteiger charge is -2.34. The van der Waals surface area contributed by atoms with E-state index in [1.165, 1.54) is 4.31 Å². The second-order valence-electron chi connectivity index (χ2n) is 7.44. The van der Waals surface area contributed by atoms with Crippen molar-refractivity contribution in [3.63, 3.8) is 0 Å². The van der Waals surface area contributed by atoms with Crippen molar-refractivity contribution in [1.29, 1.82) is 0 Å². The van der Waals surface area contributed by atoms with Crippen LogP contribution in [-0.4, -0.2) is 40.1 Å². The van der Waals surface area contributed by atoms with Crippen LogP contribution in [0.25, 0.3) is 0 Å². The second-order valence-corrected chi connectivity index (χ2v) is 9.77. The number of rotatable bonds is 8. The molecule has 1 amide bonds. The quantitative estimate of drug-likeness (QED) is 0.491. The van der Waals surface area contributed by atoms with Gasteiger partial charge in [0.1, 0.15) is 18.1 Å². The van der Waals surface area contributed by atoms with E-state index in [1.54, 1.807) is 72.8 Å². The van der Waals surface area contributed by atoms with Gasteiger partial charge in [-0.15, -0.1) is 0 Å². The standard InChI is InChI=1S/C24H23ClN2O5S/c25-19-10-12-20(13-11-19)31-15-14-26-24(28)23-16-27(21-8-4-5-9-22(21)32-23)33(29,30)17-18-6-2-1-3-7-18/h1-13,23H,14-17H2,(H,26,28). The zero-order valence-corrected chi connectivity index (χ0v) is 19.3. The Balaban J connectivity index is 1.42. The minimum Gasteiger partial charge on any atom is -0.492 e. The Morgan fingerprint density at radius 1 is 1.03 bits per heavy atom. The molecular weight excluding hydrogens is 464 g/mol. The van der Waals surface area contributed by atoms with E-state index in [4.69, 9.17) is 21.1 Å². The number of amides is 1. The summed E-state index contributed by atoms with van der Waals surface area (Å²) < 4.78 is 39.1. The predicted octanol–water partition coefficient (Wildman–Crippen LogP) is 3.63. The molecule has 4 rings (SSSR count). The minimum absolute atomic E-state index is 0.115. The highest BCUT2D eigenvalue weighted by Gasteiger charge is 2.36. The molecule has 0 aromatic heterocycles. The molecule has 0 bridgehead atoms. The number of halogens is 1. The van der Waals surface area contributed by atoms with Crippen LogP contribution in [0.1, 0.15) is 5.56 Å². The SMILES string of the molecule is O=C(NCCOc1ccc(Cl)cc1)C1CN(S(=O)(=O)Cc2ccccc2)c2ccccc2O1. The molecule has 3 aromatic carbocycles. The summed E-state index contributed by atoms with van der Waals surface area (Å²) in [5.41, 5.74) is 1.09. The average molecular weight is 487 g/mol. The first-order chi connectivity index (χ1) is 15.9. The van der Waals surface area contributed by atoms with Gasteiger partial charge in [-0.25, -0.2) is 8.42 Å². The monoisotopic (exact) mass is 486 g/mol. The van der Waals surface area contributed by atoms with Crippen LogP contribution in [0.4, 0.5) is 5.69 Å². The van der Waals surface area contributed by atoms with Gasteiger partial charge in [0.15, 0.2) is 6.10 Å². The first-order valence-corrected chi connectivity index (χ1v) is 12.4. The van der Waals surface area contributed by atoms with Crippen LogP contribution >= 0.6 is 11.6 Å². The largest absolute Gasteiger partial charge is 0.492 e. The maximum Gasteiger partial charge on any atom is 0.263 e.